The third-order valence-electron chi connectivity index (χ3n) is 3.72. The lowest BCUT2D eigenvalue weighted by Gasteiger charge is -2.05. The maximum atomic E-state index is 11.9. The van der Waals surface area contributed by atoms with E-state index >= 15 is 0 Å². The molecule has 0 aromatic heterocycles. The van der Waals surface area contributed by atoms with Crippen molar-refractivity contribution in [1.29, 1.82) is 0 Å². The summed E-state index contributed by atoms with van der Waals surface area (Å²) in [5, 5.41) is 6.70. The first kappa shape index (κ1) is 18.9. The Balaban J connectivity index is 1.36. The molecule has 1 aliphatic heterocycles. The highest BCUT2D eigenvalue weighted by molar-refractivity contribution is 9.10. The SMILES string of the molecule is O=C(CCCC(=O)Nc1cccc(Br)c1)N/N=C\c1ccc2c(c1)OCO2. The van der Waals surface area contributed by atoms with Crippen LogP contribution in [0, 0.1) is 0 Å². The van der Waals surface area contributed by atoms with Crippen molar-refractivity contribution in [3.63, 3.8) is 0 Å². The predicted molar refractivity (Wildman–Crippen MR) is 105 cm³/mol. The van der Waals surface area contributed by atoms with Gasteiger partial charge < -0.3 is 14.8 Å². The zero-order valence-corrected chi connectivity index (χ0v) is 16.0. The van der Waals surface area contributed by atoms with Crippen LogP contribution in [0.3, 0.4) is 0 Å². The van der Waals surface area contributed by atoms with Gasteiger partial charge >= 0.3 is 0 Å². The van der Waals surface area contributed by atoms with Crippen LogP contribution < -0.4 is 20.2 Å². The number of amides is 2. The van der Waals surface area contributed by atoms with Gasteiger partial charge in [-0.1, -0.05) is 22.0 Å². The summed E-state index contributed by atoms with van der Waals surface area (Å²) >= 11 is 3.35. The van der Waals surface area contributed by atoms with E-state index in [4.69, 9.17) is 9.47 Å². The number of ether oxygens (including phenoxy) is 2. The number of nitrogens with zero attached hydrogens (tertiary/aromatic N) is 1. The number of halogens is 1. The Kier molecular flexibility index (Phi) is 6.43. The lowest BCUT2D eigenvalue weighted by atomic mass is 10.2. The standard InChI is InChI=1S/C19H18BrN3O4/c20-14-3-1-4-15(10-14)22-18(24)5-2-6-19(25)23-21-11-13-7-8-16-17(9-13)27-12-26-16/h1,3-4,7-11H,2,5-6,12H2,(H,22,24)(H,23,25)/b21-11-. The molecular weight excluding hydrogens is 414 g/mol. The molecule has 0 spiro atoms. The van der Waals surface area contributed by atoms with Gasteiger partial charge in [0.25, 0.3) is 0 Å². The Morgan fingerprint density at radius 1 is 1.07 bits per heavy atom. The molecule has 140 valence electrons. The summed E-state index contributed by atoms with van der Waals surface area (Å²) in [6, 6.07) is 12.7. The van der Waals surface area contributed by atoms with Gasteiger partial charge in [-0.2, -0.15) is 5.10 Å². The summed E-state index contributed by atoms with van der Waals surface area (Å²) in [5.41, 5.74) is 3.95. The highest BCUT2D eigenvalue weighted by Gasteiger charge is 2.12. The lowest BCUT2D eigenvalue weighted by molar-refractivity contribution is -0.121. The minimum Gasteiger partial charge on any atom is -0.454 e. The molecular formula is C19H18BrN3O4. The van der Waals surface area contributed by atoms with Crippen LogP contribution in [-0.4, -0.2) is 24.8 Å². The second-order valence-electron chi connectivity index (χ2n) is 5.82. The maximum absolute atomic E-state index is 11.9. The van der Waals surface area contributed by atoms with E-state index in [0.717, 1.165) is 10.0 Å². The van der Waals surface area contributed by atoms with Gasteiger partial charge in [0.2, 0.25) is 18.6 Å². The second kappa shape index (κ2) is 9.18. The lowest BCUT2D eigenvalue weighted by Crippen LogP contribution is -2.18. The first-order valence-corrected chi connectivity index (χ1v) is 9.16. The van der Waals surface area contributed by atoms with Crippen LogP contribution in [0.4, 0.5) is 5.69 Å². The summed E-state index contributed by atoms with van der Waals surface area (Å²) in [6.07, 6.45) is 2.43. The number of fused-ring (bicyclic) bond motifs is 1. The molecule has 0 aliphatic carbocycles. The average molecular weight is 432 g/mol. The van der Waals surface area contributed by atoms with Crippen LogP contribution in [0.1, 0.15) is 24.8 Å². The zero-order chi connectivity index (χ0) is 19.1. The van der Waals surface area contributed by atoms with Crippen molar-refractivity contribution >= 4 is 39.6 Å². The summed E-state index contributed by atoms with van der Waals surface area (Å²) in [5.74, 6) is 0.964. The van der Waals surface area contributed by atoms with E-state index in [1.807, 2.05) is 24.3 Å². The van der Waals surface area contributed by atoms with E-state index in [2.05, 4.69) is 31.8 Å². The molecule has 1 heterocycles. The molecule has 27 heavy (non-hydrogen) atoms. The minimum atomic E-state index is -0.248. The van der Waals surface area contributed by atoms with Crippen molar-refractivity contribution < 1.29 is 19.1 Å². The number of hydrogen-bond donors (Lipinski definition) is 2. The molecule has 0 radical (unpaired) electrons. The van der Waals surface area contributed by atoms with Gasteiger partial charge in [-0.3, -0.25) is 9.59 Å². The van der Waals surface area contributed by atoms with Crippen LogP contribution in [-0.2, 0) is 9.59 Å². The highest BCUT2D eigenvalue weighted by Crippen LogP contribution is 2.31. The molecule has 0 saturated heterocycles. The molecule has 2 amide bonds. The summed E-state index contributed by atoms with van der Waals surface area (Å²) in [7, 11) is 0. The predicted octanol–water partition coefficient (Wildman–Crippen LogP) is 3.44. The number of nitrogens with one attached hydrogen (secondary N) is 2. The molecule has 2 N–H and O–H groups in total. The fourth-order valence-electron chi connectivity index (χ4n) is 2.43. The number of benzene rings is 2. The summed E-state index contributed by atoms with van der Waals surface area (Å²) < 4.78 is 11.4. The Morgan fingerprint density at radius 2 is 1.89 bits per heavy atom. The maximum Gasteiger partial charge on any atom is 0.240 e. The van der Waals surface area contributed by atoms with E-state index in [1.165, 1.54) is 6.21 Å². The van der Waals surface area contributed by atoms with Crippen molar-refractivity contribution in [2.75, 3.05) is 12.1 Å². The fourth-order valence-corrected chi connectivity index (χ4v) is 2.83. The van der Waals surface area contributed by atoms with E-state index in [0.29, 0.717) is 23.6 Å². The first-order chi connectivity index (χ1) is 13.1. The molecule has 0 bridgehead atoms. The molecule has 7 nitrogen and oxygen atoms in total. The van der Waals surface area contributed by atoms with Crippen LogP contribution in [0.15, 0.2) is 52.0 Å². The van der Waals surface area contributed by atoms with Gasteiger partial charge in [-0.05, 0) is 48.4 Å². The van der Waals surface area contributed by atoms with Crippen molar-refractivity contribution in [2.45, 2.75) is 19.3 Å². The fraction of sp³-hybridized carbons (Fsp3) is 0.211. The number of carbonyl (C=O) groups is 2. The van der Waals surface area contributed by atoms with Crippen LogP contribution in [0.5, 0.6) is 11.5 Å². The van der Waals surface area contributed by atoms with Crippen LogP contribution in [0.25, 0.3) is 0 Å². The molecule has 2 aromatic rings. The summed E-state index contributed by atoms with van der Waals surface area (Å²) in [4.78, 5) is 23.7. The topological polar surface area (TPSA) is 89.0 Å². The summed E-state index contributed by atoms with van der Waals surface area (Å²) in [6.45, 7) is 0.210. The van der Waals surface area contributed by atoms with Crippen molar-refractivity contribution in [3.05, 3.63) is 52.5 Å². The Morgan fingerprint density at radius 3 is 2.74 bits per heavy atom. The van der Waals surface area contributed by atoms with Crippen molar-refractivity contribution in [1.82, 2.24) is 5.43 Å². The number of anilines is 1. The number of hydrogen-bond acceptors (Lipinski definition) is 5. The zero-order valence-electron chi connectivity index (χ0n) is 14.4. The van der Waals surface area contributed by atoms with E-state index in [-0.39, 0.29) is 31.4 Å². The van der Waals surface area contributed by atoms with Crippen LogP contribution in [0.2, 0.25) is 0 Å². The Labute approximate surface area is 164 Å². The normalized spacial score (nSPS) is 12.2. The smallest absolute Gasteiger partial charge is 0.240 e. The molecule has 0 saturated carbocycles. The molecule has 0 atom stereocenters. The van der Waals surface area contributed by atoms with Gasteiger partial charge in [0.15, 0.2) is 11.5 Å². The molecule has 0 unspecified atom stereocenters. The minimum absolute atomic E-state index is 0.134. The van der Waals surface area contributed by atoms with Gasteiger partial charge in [0.05, 0.1) is 6.21 Å². The van der Waals surface area contributed by atoms with Crippen molar-refractivity contribution in [3.8, 4) is 11.5 Å². The highest BCUT2D eigenvalue weighted by atomic mass is 79.9. The molecule has 0 fully saturated rings. The van der Waals surface area contributed by atoms with Crippen LogP contribution >= 0.6 is 15.9 Å². The quantitative estimate of drug-likeness (QED) is 0.518. The Bertz CT molecular complexity index is 870. The average Bonchev–Trinajstić information content (AvgIpc) is 3.09. The molecule has 3 rings (SSSR count). The third kappa shape index (κ3) is 5.82. The largest absolute Gasteiger partial charge is 0.454 e. The van der Waals surface area contributed by atoms with E-state index in [1.54, 1.807) is 18.2 Å². The molecule has 1 aliphatic rings. The molecule has 2 aromatic carbocycles. The van der Waals surface area contributed by atoms with Gasteiger partial charge in [-0.15, -0.1) is 0 Å². The van der Waals surface area contributed by atoms with E-state index < -0.39 is 0 Å². The van der Waals surface area contributed by atoms with Gasteiger partial charge in [0.1, 0.15) is 0 Å². The first-order valence-electron chi connectivity index (χ1n) is 8.37. The number of rotatable bonds is 7. The van der Waals surface area contributed by atoms with Crippen molar-refractivity contribution in [2.24, 2.45) is 5.10 Å². The third-order valence-corrected chi connectivity index (χ3v) is 4.21. The molecule has 8 heteroatoms. The number of carbonyl (C=O) groups excluding carboxylic acids is 2. The number of hydrazone groups is 1. The van der Waals surface area contributed by atoms with Gasteiger partial charge in [-0.25, -0.2) is 5.43 Å². The van der Waals surface area contributed by atoms with E-state index in [9.17, 15) is 9.59 Å². The van der Waals surface area contributed by atoms with Gasteiger partial charge in [0, 0.05) is 23.0 Å². The second-order valence-corrected chi connectivity index (χ2v) is 6.73. The monoisotopic (exact) mass is 431 g/mol. The Hall–Kier alpha value is -2.87.